The molecule has 7 heteroatoms. The third kappa shape index (κ3) is 2.79. The van der Waals surface area contributed by atoms with E-state index in [9.17, 15) is 0 Å². The van der Waals surface area contributed by atoms with Gasteiger partial charge in [0.25, 0.3) is 0 Å². The molecule has 0 atom stereocenters. The minimum Gasteiger partial charge on any atom is -0.366 e. The van der Waals surface area contributed by atoms with Crippen molar-refractivity contribution >= 4 is 33.2 Å². The van der Waals surface area contributed by atoms with Gasteiger partial charge in [0, 0.05) is 38.1 Å². The lowest BCUT2D eigenvalue weighted by atomic mass is 10.3. The molecule has 0 radical (unpaired) electrons. The van der Waals surface area contributed by atoms with Gasteiger partial charge in [0.1, 0.15) is 11.6 Å². The molecule has 0 aliphatic carbocycles. The largest absolute Gasteiger partial charge is 0.366 e. The van der Waals surface area contributed by atoms with Crippen LogP contribution < -0.4 is 10.2 Å². The molecule has 1 N–H and O–H groups in total. The van der Waals surface area contributed by atoms with Crippen molar-refractivity contribution in [3.8, 4) is 0 Å². The fourth-order valence-electron chi connectivity index (χ4n) is 2.57. The summed E-state index contributed by atoms with van der Waals surface area (Å²) in [6, 6.07) is 6.02. The van der Waals surface area contributed by atoms with Gasteiger partial charge in [-0.2, -0.15) is 9.61 Å². The van der Waals surface area contributed by atoms with Crippen LogP contribution in [-0.4, -0.2) is 32.7 Å². The van der Waals surface area contributed by atoms with E-state index >= 15 is 0 Å². The Balaban J connectivity index is 1.69. The highest BCUT2D eigenvalue weighted by atomic mass is 79.9. The second-order valence-corrected chi connectivity index (χ2v) is 6.17. The van der Waals surface area contributed by atoms with Crippen molar-refractivity contribution in [2.45, 2.75) is 6.54 Å². The van der Waals surface area contributed by atoms with Crippen molar-refractivity contribution < 1.29 is 0 Å². The first-order chi connectivity index (χ1) is 11.3. The molecule has 3 aromatic heterocycles. The summed E-state index contributed by atoms with van der Waals surface area (Å²) in [4.78, 5) is 11.1. The van der Waals surface area contributed by atoms with Crippen LogP contribution in [0.3, 0.4) is 0 Å². The van der Waals surface area contributed by atoms with Crippen molar-refractivity contribution in [1.29, 1.82) is 0 Å². The van der Waals surface area contributed by atoms with Gasteiger partial charge in [0.05, 0.1) is 10.7 Å². The summed E-state index contributed by atoms with van der Waals surface area (Å²) in [5, 5.41) is 7.83. The number of rotatable bonds is 4. The third-order valence-corrected chi connectivity index (χ3v) is 4.31. The maximum Gasteiger partial charge on any atom is 0.173 e. The summed E-state index contributed by atoms with van der Waals surface area (Å²) in [5.74, 6) is 1.85. The molecule has 23 heavy (non-hydrogen) atoms. The van der Waals surface area contributed by atoms with Crippen LogP contribution >= 0.6 is 15.9 Å². The maximum absolute atomic E-state index is 4.72. The minimum absolute atomic E-state index is 0.683. The fraction of sp³-hybridized carbons (Fsp3) is 0.188. The lowest BCUT2D eigenvalue weighted by Crippen LogP contribution is -2.21. The Kier molecular flexibility index (Phi) is 3.70. The first kappa shape index (κ1) is 14.2. The smallest absolute Gasteiger partial charge is 0.173 e. The molecule has 0 spiro atoms. The van der Waals surface area contributed by atoms with E-state index in [2.05, 4.69) is 48.4 Å². The molecule has 0 bridgehead atoms. The number of aromatic nitrogens is 4. The molecule has 0 saturated heterocycles. The number of anilines is 2. The van der Waals surface area contributed by atoms with Crippen LogP contribution in [0.15, 0.2) is 53.4 Å². The Morgan fingerprint density at radius 3 is 2.87 bits per heavy atom. The first-order valence-electron chi connectivity index (χ1n) is 7.38. The predicted molar refractivity (Wildman–Crippen MR) is 93.6 cm³/mol. The monoisotopic (exact) mass is 370 g/mol. The van der Waals surface area contributed by atoms with Gasteiger partial charge in [0.2, 0.25) is 0 Å². The molecule has 6 nitrogen and oxygen atoms in total. The van der Waals surface area contributed by atoms with E-state index in [1.807, 2.05) is 28.9 Å². The molecule has 4 rings (SSSR count). The molecule has 0 fully saturated rings. The Bertz CT molecular complexity index is 850. The van der Waals surface area contributed by atoms with Gasteiger partial charge in [-0.15, -0.1) is 0 Å². The van der Waals surface area contributed by atoms with E-state index in [1.54, 1.807) is 12.4 Å². The van der Waals surface area contributed by atoms with Crippen molar-refractivity contribution in [2.24, 2.45) is 0 Å². The van der Waals surface area contributed by atoms with Crippen LogP contribution in [0.4, 0.5) is 11.6 Å². The SMILES string of the molecule is Brc1cnn2c(NCc3cccnc3)cc(N3CC=CC3)nc12. The Morgan fingerprint density at radius 1 is 1.22 bits per heavy atom. The molecular weight excluding hydrogens is 356 g/mol. The molecule has 116 valence electrons. The Hall–Kier alpha value is -2.41. The summed E-state index contributed by atoms with van der Waals surface area (Å²) >= 11 is 3.52. The van der Waals surface area contributed by atoms with Crippen molar-refractivity contribution in [3.05, 3.63) is 59.0 Å². The number of pyridine rings is 1. The molecule has 0 unspecified atom stereocenters. The van der Waals surface area contributed by atoms with E-state index < -0.39 is 0 Å². The van der Waals surface area contributed by atoms with Crippen LogP contribution in [0.5, 0.6) is 0 Å². The highest BCUT2D eigenvalue weighted by molar-refractivity contribution is 9.10. The van der Waals surface area contributed by atoms with Gasteiger partial charge in [0.15, 0.2) is 5.65 Å². The lowest BCUT2D eigenvalue weighted by molar-refractivity contribution is 0.902. The van der Waals surface area contributed by atoms with Gasteiger partial charge in [-0.1, -0.05) is 18.2 Å². The predicted octanol–water partition coefficient (Wildman–Crippen LogP) is 2.88. The van der Waals surface area contributed by atoms with Gasteiger partial charge in [-0.25, -0.2) is 4.98 Å². The third-order valence-electron chi connectivity index (χ3n) is 3.75. The molecule has 3 aromatic rings. The average molecular weight is 371 g/mol. The van der Waals surface area contributed by atoms with Gasteiger partial charge < -0.3 is 10.2 Å². The first-order valence-corrected chi connectivity index (χ1v) is 8.17. The lowest BCUT2D eigenvalue weighted by Gasteiger charge is -2.18. The quantitative estimate of drug-likeness (QED) is 0.715. The van der Waals surface area contributed by atoms with Crippen molar-refractivity contribution in [2.75, 3.05) is 23.3 Å². The van der Waals surface area contributed by atoms with Crippen molar-refractivity contribution in [1.82, 2.24) is 19.6 Å². The van der Waals surface area contributed by atoms with E-state index in [1.165, 1.54) is 0 Å². The van der Waals surface area contributed by atoms with E-state index in [4.69, 9.17) is 4.98 Å². The molecular formula is C16H15BrN6. The zero-order chi connectivity index (χ0) is 15.6. The molecule has 1 aliphatic rings. The van der Waals surface area contributed by atoms with Gasteiger partial charge in [-0.05, 0) is 27.6 Å². The molecule has 0 aromatic carbocycles. The van der Waals surface area contributed by atoms with Crippen LogP contribution in [0.1, 0.15) is 5.56 Å². The van der Waals surface area contributed by atoms with Crippen LogP contribution in [-0.2, 0) is 6.54 Å². The topological polar surface area (TPSA) is 58.4 Å². The Labute approximate surface area is 142 Å². The zero-order valence-electron chi connectivity index (χ0n) is 12.4. The second kappa shape index (κ2) is 6.00. The van der Waals surface area contributed by atoms with Crippen LogP contribution in [0.2, 0.25) is 0 Å². The van der Waals surface area contributed by atoms with Crippen molar-refractivity contribution in [3.63, 3.8) is 0 Å². The summed E-state index contributed by atoms with van der Waals surface area (Å²) in [7, 11) is 0. The van der Waals surface area contributed by atoms with Gasteiger partial charge in [-0.3, -0.25) is 4.98 Å². The summed E-state index contributed by atoms with van der Waals surface area (Å²) in [6.07, 6.45) is 9.70. The number of nitrogens with one attached hydrogen (secondary N) is 1. The minimum atomic E-state index is 0.683. The fourth-order valence-corrected chi connectivity index (χ4v) is 2.92. The molecule has 0 amide bonds. The van der Waals surface area contributed by atoms with Gasteiger partial charge >= 0.3 is 0 Å². The number of nitrogens with zero attached hydrogens (tertiary/aromatic N) is 5. The van der Waals surface area contributed by atoms with Crippen LogP contribution in [0, 0.1) is 0 Å². The zero-order valence-corrected chi connectivity index (χ0v) is 13.9. The highest BCUT2D eigenvalue weighted by Crippen LogP contribution is 2.25. The average Bonchev–Trinajstić information content (AvgIpc) is 3.24. The number of hydrogen-bond donors (Lipinski definition) is 1. The number of halogens is 1. The summed E-state index contributed by atoms with van der Waals surface area (Å²) in [5.41, 5.74) is 1.93. The van der Waals surface area contributed by atoms with E-state index in [-0.39, 0.29) is 0 Å². The summed E-state index contributed by atoms with van der Waals surface area (Å²) < 4.78 is 2.70. The molecule has 4 heterocycles. The second-order valence-electron chi connectivity index (χ2n) is 5.32. The highest BCUT2D eigenvalue weighted by Gasteiger charge is 2.15. The number of hydrogen-bond acceptors (Lipinski definition) is 5. The van der Waals surface area contributed by atoms with E-state index in [0.717, 1.165) is 40.4 Å². The molecule has 0 saturated carbocycles. The normalized spacial score (nSPS) is 13.9. The number of fused-ring (bicyclic) bond motifs is 1. The standard InChI is InChI=1S/C16H15BrN6/c17-13-11-20-23-14(19-10-12-4-3-5-18-9-12)8-15(21-16(13)23)22-6-1-2-7-22/h1-5,8-9,11,19H,6-7,10H2. The summed E-state index contributed by atoms with van der Waals surface area (Å²) in [6.45, 7) is 2.45. The van der Waals surface area contributed by atoms with E-state index in [0.29, 0.717) is 6.54 Å². The maximum atomic E-state index is 4.72. The molecule has 1 aliphatic heterocycles. The Morgan fingerprint density at radius 2 is 2.09 bits per heavy atom. The van der Waals surface area contributed by atoms with Crippen LogP contribution in [0.25, 0.3) is 5.65 Å².